The number of imide groups is 1. The van der Waals surface area contributed by atoms with E-state index >= 15 is 0 Å². The number of halogens is 1. The van der Waals surface area contributed by atoms with Gasteiger partial charge in [0.05, 0.1) is 12.0 Å². The molecule has 0 atom stereocenters. The Kier molecular flexibility index (Phi) is 5.98. The Morgan fingerprint density at radius 1 is 1.19 bits per heavy atom. The van der Waals surface area contributed by atoms with Crippen molar-refractivity contribution in [2.24, 2.45) is 0 Å². The van der Waals surface area contributed by atoms with E-state index < -0.39 is 17.1 Å². The van der Waals surface area contributed by atoms with Crippen molar-refractivity contribution in [1.29, 1.82) is 0 Å². The van der Waals surface area contributed by atoms with Crippen LogP contribution in [0.2, 0.25) is 0 Å². The number of thioether (sulfide) groups is 1. The van der Waals surface area contributed by atoms with Gasteiger partial charge in [0.1, 0.15) is 12.3 Å². The fraction of sp³-hybridized carbons (Fsp3) is 0.105. The second kappa shape index (κ2) is 8.41. The van der Waals surface area contributed by atoms with E-state index in [1.54, 1.807) is 42.5 Å². The highest BCUT2D eigenvalue weighted by Crippen LogP contribution is 2.33. The summed E-state index contributed by atoms with van der Waals surface area (Å²) in [5.74, 6) is -0.350. The zero-order chi connectivity index (χ0) is 19.4. The van der Waals surface area contributed by atoms with E-state index in [0.717, 1.165) is 21.1 Å². The van der Waals surface area contributed by atoms with Crippen molar-refractivity contribution in [3.05, 3.63) is 63.5 Å². The molecule has 138 valence electrons. The van der Waals surface area contributed by atoms with Gasteiger partial charge in [0.15, 0.2) is 0 Å². The van der Waals surface area contributed by atoms with Gasteiger partial charge in [0.25, 0.3) is 11.1 Å². The van der Waals surface area contributed by atoms with Crippen LogP contribution in [0.3, 0.4) is 0 Å². The van der Waals surface area contributed by atoms with Gasteiger partial charge in [0, 0.05) is 15.7 Å². The largest absolute Gasteiger partial charge is 0.496 e. The maximum absolute atomic E-state index is 12.5. The van der Waals surface area contributed by atoms with Gasteiger partial charge in [-0.05, 0) is 48.2 Å². The van der Waals surface area contributed by atoms with E-state index in [-0.39, 0.29) is 11.4 Å². The number of carbonyl (C=O) groups excluding carboxylic acids is 3. The lowest BCUT2D eigenvalue weighted by molar-refractivity contribution is -0.127. The number of methoxy groups -OCH3 is 1. The van der Waals surface area contributed by atoms with Gasteiger partial charge < -0.3 is 10.1 Å². The lowest BCUT2D eigenvalue weighted by Gasteiger charge is -2.12. The second-order valence-corrected chi connectivity index (χ2v) is 7.47. The van der Waals surface area contributed by atoms with Crippen LogP contribution >= 0.6 is 27.7 Å². The molecule has 0 aromatic heterocycles. The summed E-state index contributed by atoms with van der Waals surface area (Å²) in [5.41, 5.74) is 1.27. The van der Waals surface area contributed by atoms with Crippen LogP contribution in [0.5, 0.6) is 5.75 Å². The van der Waals surface area contributed by atoms with Crippen LogP contribution in [0.25, 0.3) is 6.08 Å². The molecule has 1 aliphatic heterocycles. The first kappa shape index (κ1) is 19.2. The summed E-state index contributed by atoms with van der Waals surface area (Å²) in [7, 11) is 1.53. The first-order chi connectivity index (χ1) is 13.0. The normalized spacial score (nSPS) is 15.3. The SMILES string of the molecule is COc1ccccc1/C=C1\SC(=O)N(CC(=O)Nc2ccc(Br)cc2)C1=O. The molecule has 27 heavy (non-hydrogen) atoms. The molecule has 0 radical (unpaired) electrons. The molecule has 0 aliphatic carbocycles. The molecule has 1 aliphatic rings. The summed E-state index contributed by atoms with van der Waals surface area (Å²) in [5, 5.41) is 2.19. The zero-order valence-electron chi connectivity index (χ0n) is 14.3. The third-order valence-electron chi connectivity index (χ3n) is 3.73. The number of anilines is 1. The topological polar surface area (TPSA) is 75.7 Å². The van der Waals surface area contributed by atoms with E-state index in [1.807, 2.05) is 12.1 Å². The van der Waals surface area contributed by atoms with Crippen LogP contribution in [0.1, 0.15) is 5.56 Å². The van der Waals surface area contributed by atoms with E-state index in [9.17, 15) is 14.4 Å². The molecule has 0 saturated carbocycles. The van der Waals surface area contributed by atoms with E-state index in [0.29, 0.717) is 17.0 Å². The Hall–Kier alpha value is -2.58. The first-order valence-corrected chi connectivity index (χ1v) is 9.52. The lowest BCUT2D eigenvalue weighted by atomic mass is 10.2. The van der Waals surface area contributed by atoms with E-state index in [4.69, 9.17) is 4.74 Å². The average molecular weight is 447 g/mol. The summed E-state index contributed by atoms with van der Waals surface area (Å²) in [6.07, 6.45) is 1.59. The molecule has 3 amide bonds. The molecule has 2 aromatic rings. The van der Waals surface area contributed by atoms with Crippen molar-refractivity contribution in [3.63, 3.8) is 0 Å². The molecule has 1 N–H and O–H groups in total. The predicted molar refractivity (Wildman–Crippen MR) is 108 cm³/mol. The summed E-state index contributed by atoms with van der Waals surface area (Å²) >= 11 is 4.12. The van der Waals surface area contributed by atoms with Crippen LogP contribution in [0.4, 0.5) is 10.5 Å². The summed E-state index contributed by atoms with van der Waals surface area (Å²) in [6.45, 7) is -0.343. The number of para-hydroxylation sites is 1. The zero-order valence-corrected chi connectivity index (χ0v) is 16.7. The molecule has 1 fully saturated rings. The Balaban J connectivity index is 1.71. The Morgan fingerprint density at radius 3 is 2.59 bits per heavy atom. The number of nitrogens with one attached hydrogen (secondary N) is 1. The van der Waals surface area contributed by atoms with Crippen molar-refractivity contribution in [2.75, 3.05) is 19.0 Å². The van der Waals surface area contributed by atoms with Gasteiger partial charge in [-0.25, -0.2) is 0 Å². The average Bonchev–Trinajstić information content (AvgIpc) is 2.91. The summed E-state index contributed by atoms with van der Waals surface area (Å²) < 4.78 is 6.14. The van der Waals surface area contributed by atoms with Crippen molar-refractivity contribution in [2.45, 2.75) is 0 Å². The van der Waals surface area contributed by atoms with Crippen molar-refractivity contribution in [3.8, 4) is 5.75 Å². The second-order valence-electron chi connectivity index (χ2n) is 5.56. The third-order valence-corrected chi connectivity index (χ3v) is 5.16. The standard InChI is InChI=1S/C19H15BrN2O4S/c1-26-15-5-3-2-4-12(15)10-16-18(24)22(19(25)27-16)11-17(23)21-14-8-6-13(20)7-9-14/h2-10H,11H2,1H3,(H,21,23)/b16-10-. The fourth-order valence-corrected chi connectivity index (χ4v) is 3.53. The van der Waals surface area contributed by atoms with Gasteiger partial charge in [-0.1, -0.05) is 34.1 Å². The van der Waals surface area contributed by atoms with Gasteiger partial charge in [-0.3, -0.25) is 19.3 Å². The minimum atomic E-state index is -0.498. The molecule has 0 unspecified atom stereocenters. The number of rotatable bonds is 5. The third kappa shape index (κ3) is 4.58. The van der Waals surface area contributed by atoms with Gasteiger partial charge in [-0.15, -0.1) is 0 Å². The molecule has 6 nitrogen and oxygen atoms in total. The Labute approximate surface area is 168 Å². The molecule has 2 aromatic carbocycles. The monoisotopic (exact) mass is 446 g/mol. The number of ether oxygens (including phenoxy) is 1. The Morgan fingerprint density at radius 2 is 1.89 bits per heavy atom. The van der Waals surface area contributed by atoms with Crippen molar-refractivity contribution in [1.82, 2.24) is 4.90 Å². The highest BCUT2D eigenvalue weighted by atomic mass is 79.9. The highest BCUT2D eigenvalue weighted by Gasteiger charge is 2.36. The number of nitrogens with zero attached hydrogens (tertiary/aromatic N) is 1. The molecule has 8 heteroatoms. The minimum absolute atomic E-state index is 0.251. The smallest absolute Gasteiger partial charge is 0.294 e. The number of hydrogen-bond donors (Lipinski definition) is 1. The van der Waals surface area contributed by atoms with Crippen LogP contribution in [-0.4, -0.2) is 35.6 Å². The molecule has 0 bridgehead atoms. The van der Waals surface area contributed by atoms with Gasteiger partial charge in [-0.2, -0.15) is 0 Å². The van der Waals surface area contributed by atoms with E-state index in [2.05, 4.69) is 21.2 Å². The molecular formula is C19H15BrN2O4S. The quantitative estimate of drug-likeness (QED) is 0.698. The highest BCUT2D eigenvalue weighted by molar-refractivity contribution is 9.10. The number of hydrogen-bond acceptors (Lipinski definition) is 5. The Bertz CT molecular complexity index is 928. The van der Waals surface area contributed by atoms with Crippen LogP contribution < -0.4 is 10.1 Å². The minimum Gasteiger partial charge on any atom is -0.496 e. The maximum Gasteiger partial charge on any atom is 0.294 e. The van der Waals surface area contributed by atoms with Crippen molar-refractivity contribution < 1.29 is 19.1 Å². The number of benzene rings is 2. The van der Waals surface area contributed by atoms with E-state index in [1.165, 1.54) is 7.11 Å². The number of carbonyl (C=O) groups is 3. The van der Waals surface area contributed by atoms with Crippen LogP contribution in [0, 0.1) is 0 Å². The number of amides is 3. The molecule has 0 spiro atoms. The summed E-state index contributed by atoms with van der Waals surface area (Å²) in [4.78, 5) is 38.1. The molecular weight excluding hydrogens is 432 g/mol. The molecule has 3 rings (SSSR count). The predicted octanol–water partition coefficient (Wildman–Crippen LogP) is 4.13. The first-order valence-electron chi connectivity index (χ1n) is 7.92. The summed E-state index contributed by atoms with van der Waals surface area (Å²) in [6, 6.07) is 14.2. The van der Waals surface area contributed by atoms with Crippen LogP contribution in [0.15, 0.2) is 57.9 Å². The van der Waals surface area contributed by atoms with Crippen molar-refractivity contribution >= 4 is 56.5 Å². The lowest BCUT2D eigenvalue weighted by Crippen LogP contribution is -2.36. The molecule has 1 heterocycles. The maximum atomic E-state index is 12.5. The van der Waals surface area contributed by atoms with Gasteiger partial charge >= 0.3 is 0 Å². The molecule has 1 saturated heterocycles. The van der Waals surface area contributed by atoms with Gasteiger partial charge in [0.2, 0.25) is 5.91 Å². The fourth-order valence-electron chi connectivity index (χ4n) is 2.44. The van der Waals surface area contributed by atoms with Crippen LogP contribution in [-0.2, 0) is 9.59 Å².